The molecule has 74 valence electrons. The van der Waals surface area contributed by atoms with Gasteiger partial charge in [-0.05, 0) is 12.3 Å². The molecule has 0 fully saturated rings. The zero-order valence-electron chi connectivity index (χ0n) is 9.20. The van der Waals surface area contributed by atoms with Gasteiger partial charge in [0.1, 0.15) is 0 Å². The Morgan fingerprint density at radius 3 is 2.46 bits per heavy atom. The first-order valence-corrected chi connectivity index (χ1v) is 4.78. The average Bonchev–Trinajstić information content (AvgIpc) is 2.32. The molecule has 1 aromatic rings. The second kappa shape index (κ2) is 3.48. The minimum Gasteiger partial charge on any atom is -0.252 e. The van der Waals surface area contributed by atoms with E-state index in [4.69, 9.17) is 0 Å². The quantitative estimate of drug-likeness (QED) is 0.715. The van der Waals surface area contributed by atoms with Crippen LogP contribution in [0.1, 0.15) is 39.8 Å². The highest BCUT2D eigenvalue weighted by molar-refractivity contribution is 5.09. The Morgan fingerprint density at radius 2 is 2.08 bits per heavy atom. The first-order valence-electron chi connectivity index (χ1n) is 4.78. The van der Waals surface area contributed by atoms with Gasteiger partial charge in [0.05, 0.1) is 11.9 Å². The SMILES string of the molecule is CC(C)CC(C)(C)c1cnnn1C. The lowest BCUT2D eigenvalue weighted by Crippen LogP contribution is -2.23. The van der Waals surface area contributed by atoms with Crippen LogP contribution in [0, 0.1) is 5.92 Å². The molecular formula is C10H19N3. The summed E-state index contributed by atoms with van der Waals surface area (Å²) >= 11 is 0. The van der Waals surface area contributed by atoms with Crippen molar-refractivity contribution in [3.63, 3.8) is 0 Å². The smallest absolute Gasteiger partial charge is 0.0730 e. The van der Waals surface area contributed by atoms with E-state index in [0.29, 0.717) is 5.92 Å². The molecule has 0 unspecified atom stereocenters. The molecule has 0 bridgehead atoms. The van der Waals surface area contributed by atoms with Crippen molar-refractivity contribution in [2.24, 2.45) is 13.0 Å². The highest BCUT2D eigenvalue weighted by Gasteiger charge is 2.25. The van der Waals surface area contributed by atoms with Gasteiger partial charge in [0, 0.05) is 12.5 Å². The van der Waals surface area contributed by atoms with E-state index in [1.165, 1.54) is 5.69 Å². The van der Waals surface area contributed by atoms with E-state index in [9.17, 15) is 0 Å². The second-order valence-electron chi connectivity index (χ2n) is 4.72. The van der Waals surface area contributed by atoms with Crippen molar-refractivity contribution in [3.05, 3.63) is 11.9 Å². The van der Waals surface area contributed by atoms with Crippen molar-refractivity contribution >= 4 is 0 Å². The second-order valence-corrected chi connectivity index (χ2v) is 4.72. The molecule has 0 N–H and O–H groups in total. The van der Waals surface area contributed by atoms with E-state index < -0.39 is 0 Å². The van der Waals surface area contributed by atoms with Gasteiger partial charge in [-0.25, -0.2) is 0 Å². The maximum absolute atomic E-state index is 3.96. The largest absolute Gasteiger partial charge is 0.252 e. The summed E-state index contributed by atoms with van der Waals surface area (Å²) in [5, 5.41) is 7.87. The fourth-order valence-corrected chi connectivity index (χ4v) is 2.03. The molecule has 0 aliphatic rings. The average molecular weight is 181 g/mol. The van der Waals surface area contributed by atoms with Gasteiger partial charge in [-0.3, -0.25) is 4.68 Å². The molecule has 13 heavy (non-hydrogen) atoms. The molecule has 1 heterocycles. The van der Waals surface area contributed by atoms with Crippen LogP contribution in [0.15, 0.2) is 6.20 Å². The number of hydrogen-bond donors (Lipinski definition) is 0. The van der Waals surface area contributed by atoms with Gasteiger partial charge in [-0.2, -0.15) is 0 Å². The topological polar surface area (TPSA) is 30.7 Å². The maximum atomic E-state index is 3.96. The fourth-order valence-electron chi connectivity index (χ4n) is 2.03. The lowest BCUT2D eigenvalue weighted by molar-refractivity contribution is 0.376. The molecule has 1 aromatic heterocycles. The predicted molar refractivity (Wildman–Crippen MR) is 53.5 cm³/mol. The number of aromatic nitrogens is 3. The van der Waals surface area contributed by atoms with Crippen LogP contribution in [-0.2, 0) is 12.5 Å². The Kier molecular flexibility index (Phi) is 2.74. The van der Waals surface area contributed by atoms with Crippen molar-refractivity contribution in [1.29, 1.82) is 0 Å². The Hall–Kier alpha value is -0.860. The van der Waals surface area contributed by atoms with Crippen LogP contribution >= 0.6 is 0 Å². The third kappa shape index (κ3) is 2.29. The molecule has 3 heteroatoms. The lowest BCUT2D eigenvalue weighted by atomic mass is 9.81. The van der Waals surface area contributed by atoms with Gasteiger partial charge in [-0.1, -0.05) is 32.9 Å². The van der Waals surface area contributed by atoms with Gasteiger partial charge in [0.15, 0.2) is 0 Å². The molecule has 0 aromatic carbocycles. The van der Waals surface area contributed by atoms with Crippen LogP contribution in [0.25, 0.3) is 0 Å². The van der Waals surface area contributed by atoms with E-state index in [1.807, 2.05) is 17.9 Å². The Morgan fingerprint density at radius 1 is 1.46 bits per heavy atom. The van der Waals surface area contributed by atoms with Gasteiger partial charge in [0.2, 0.25) is 0 Å². The molecule has 0 aliphatic carbocycles. The number of nitrogens with zero attached hydrogens (tertiary/aromatic N) is 3. The molecular weight excluding hydrogens is 162 g/mol. The van der Waals surface area contributed by atoms with E-state index in [-0.39, 0.29) is 5.41 Å². The third-order valence-electron chi connectivity index (χ3n) is 2.33. The van der Waals surface area contributed by atoms with Crippen LogP contribution in [0.3, 0.4) is 0 Å². The van der Waals surface area contributed by atoms with E-state index in [0.717, 1.165) is 6.42 Å². The predicted octanol–water partition coefficient (Wildman–Crippen LogP) is 2.14. The number of hydrogen-bond acceptors (Lipinski definition) is 2. The minimum atomic E-state index is 0.173. The summed E-state index contributed by atoms with van der Waals surface area (Å²) in [6.07, 6.45) is 3.02. The fraction of sp³-hybridized carbons (Fsp3) is 0.800. The molecule has 0 aliphatic heterocycles. The molecule has 0 saturated carbocycles. The molecule has 3 nitrogen and oxygen atoms in total. The molecule has 0 atom stereocenters. The van der Waals surface area contributed by atoms with Crippen LogP contribution < -0.4 is 0 Å². The summed E-state index contributed by atoms with van der Waals surface area (Å²) in [6.45, 7) is 8.97. The summed E-state index contributed by atoms with van der Waals surface area (Å²) in [4.78, 5) is 0. The van der Waals surface area contributed by atoms with Gasteiger partial charge < -0.3 is 0 Å². The molecule has 0 spiro atoms. The molecule has 1 rings (SSSR count). The monoisotopic (exact) mass is 181 g/mol. The summed E-state index contributed by atoms with van der Waals surface area (Å²) in [5.41, 5.74) is 1.38. The minimum absolute atomic E-state index is 0.173. The number of aryl methyl sites for hydroxylation is 1. The van der Waals surface area contributed by atoms with E-state index in [2.05, 4.69) is 38.0 Å². The molecule has 0 saturated heterocycles. The van der Waals surface area contributed by atoms with E-state index in [1.54, 1.807) is 0 Å². The lowest BCUT2D eigenvalue weighted by Gasteiger charge is -2.26. The molecule has 0 amide bonds. The normalized spacial score (nSPS) is 12.5. The van der Waals surface area contributed by atoms with Gasteiger partial charge in [-0.15, -0.1) is 5.10 Å². The Bertz CT molecular complexity index is 273. The zero-order valence-corrected chi connectivity index (χ0v) is 9.20. The van der Waals surface area contributed by atoms with Crippen molar-refractivity contribution in [2.75, 3.05) is 0 Å². The Labute approximate surface area is 80.1 Å². The van der Waals surface area contributed by atoms with Crippen LogP contribution in [-0.4, -0.2) is 15.0 Å². The highest BCUT2D eigenvalue weighted by Crippen LogP contribution is 2.28. The van der Waals surface area contributed by atoms with Crippen molar-refractivity contribution in [3.8, 4) is 0 Å². The van der Waals surface area contributed by atoms with E-state index >= 15 is 0 Å². The van der Waals surface area contributed by atoms with Crippen molar-refractivity contribution < 1.29 is 0 Å². The maximum Gasteiger partial charge on any atom is 0.0730 e. The Balaban J connectivity index is 2.87. The van der Waals surface area contributed by atoms with Crippen LogP contribution in [0.5, 0.6) is 0 Å². The summed E-state index contributed by atoms with van der Waals surface area (Å²) < 4.78 is 1.86. The first kappa shape index (κ1) is 10.2. The summed E-state index contributed by atoms with van der Waals surface area (Å²) in [6, 6.07) is 0. The highest BCUT2D eigenvalue weighted by atomic mass is 15.4. The third-order valence-corrected chi connectivity index (χ3v) is 2.33. The van der Waals surface area contributed by atoms with Crippen molar-refractivity contribution in [2.45, 2.75) is 39.5 Å². The number of rotatable bonds is 3. The van der Waals surface area contributed by atoms with Crippen molar-refractivity contribution in [1.82, 2.24) is 15.0 Å². The first-order chi connectivity index (χ1) is 5.93. The summed E-state index contributed by atoms with van der Waals surface area (Å²) in [7, 11) is 1.95. The van der Waals surface area contributed by atoms with Gasteiger partial charge >= 0.3 is 0 Å². The molecule has 0 radical (unpaired) electrons. The van der Waals surface area contributed by atoms with Crippen LogP contribution in [0.2, 0.25) is 0 Å². The standard InChI is InChI=1S/C10H19N3/c1-8(2)6-10(3,4)9-7-11-12-13(9)5/h7-8H,6H2,1-5H3. The summed E-state index contributed by atoms with van der Waals surface area (Å²) in [5.74, 6) is 0.699. The van der Waals surface area contributed by atoms with Crippen LogP contribution in [0.4, 0.5) is 0 Å². The van der Waals surface area contributed by atoms with Gasteiger partial charge in [0.25, 0.3) is 0 Å². The zero-order chi connectivity index (χ0) is 10.1.